The lowest BCUT2D eigenvalue weighted by Gasteiger charge is -2.09. The minimum absolute atomic E-state index is 0.166. The second-order valence-corrected chi connectivity index (χ2v) is 8.53. The molecule has 4 aromatic rings. The van der Waals surface area contributed by atoms with Gasteiger partial charge in [-0.1, -0.05) is 0 Å². The highest BCUT2D eigenvalue weighted by Crippen LogP contribution is 2.42. The molecular formula is C22H18N6O3S. The maximum atomic E-state index is 12.9. The third-order valence-corrected chi connectivity index (χ3v) is 6.18. The van der Waals surface area contributed by atoms with E-state index >= 15 is 0 Å². The summed E-state index contributed by atoms with van der Waals surface area (Å²) in [6, 6.07) is 7.54. The van der Waals surface area contributed by atoms with Crippen LogP contribution in [0.4, 0.5) is 0 Å². The van der Waals surface area contributed by atoms with Crippen molar-refractivity contribution in [3.8, 4) is 28.7 Å². The number of carbonyl (C=O) groups is 1. The van der Waals surface area contributed by atoms with Gasteiger partial charge in [0.2, 0.25) is 6.79 Å². The molecule has 1 saturated carbocycles. The smallest absolute Gasteiger partial charge is 0.255 e. The van der Waals surface area contributed by atoms with Gasteiger partial charge in [-0.25, -0.2) is 19.6 Å². The molecule has 0 radical (unpaired) electrons. The van der Waals surface area contributed by atoms with Crippen LogP contribution < -0.4 is 14.8 Å². The predicted octanol–water partition coefficient (Wildman–Crippen LogP) is 3.32. The van der Waals surface area contributed by atoms with E-state index < -0.39 is 0 Å². The minimum atomic E-state index is -0.166. The van der Waals surface area contributed by atoms with E-state index in [1.54, 1.807) is 23.3 Å². The van der Waals surface area contributed by atoms with Gasteiger partial charge in [-0.2, -0.15) is 5.10 Å². The number of amides is 1. The number of rotatable bonds is 6. The number of hydrogen-bond donors (Lipinski definition) is 1. The summed E-state index contributed by atoms with van der Waals surface area (Å²) < 4.78 is 12.6. The number of carbonyl (C=O) groups excluding carboxylic acids is 1. The molecule has 0 unspecified atom stereocenters. The van der Waals surface area contributed by atoms with Gasteiger partial charge in [-0.15, -0.1) is 11.3 Å². The van der Waals surface area contributed by atoms with Crippen LogP contribution in [0.2, 0.25) is 0 Å². The molecule has 1 aliphatic heterocycles. The lowest BCUT2D eigenvalue weighted by molar-refractivity contribution is 0.0950. The van der Waals surface area contributed by atoms with Gasteiger partial charge in [0.25, 0.3) is 11.9 Å². The zero-order chi connectivity index (χ0) is 21.5. The Morgan fingerprint density at radius 2 is 2.06 bits per heavy atom. The molecule has 1 amide bonds. The largest absolute Gasteiger partial charge is 0.454 e. The highest BCUT2D eigenvalue weighted by atomic mass is 32.1. The number of nitrogens with one attached hydrogen (secondary N) is 1. The van der Waals surface area contributed by atoms with E-state index in [0.717, 1.165) is 40.6 Å². The Bertz CT molecular complexity index is 1300. The topological polar surface area (TPSA) is 104 Å². The molecule has 4 heterocycles. The van der Waals surface area contributed by atoms with Crippen molar-refractivity contribution >= 4 is 17.2 Å². The van der Waals surface area contributed by atoms with E-state index in [4.69, 9.17) is 14.5 Å². The van der Waals surface area contributed by atoms with E-state index in [9.17, 15) is 4.79 Å². The van der Waals surface area contributed by atoms with Crippen LogP contribution in [-0.2, 0) is 6.54 Å². The second-order valence-electron chi connectivity index (χ2n) is 7.55. The molecule has 32 heavy (non-hydrogen) atoms. The average Bonchev–Trinajstić information content (AvgIpc) is 3.23. The molecule has 1 N–H and O–H groups in total. The third kappa shape index (κ3) is 3.48. The van der Waals surface area contributed by atoms with Crippen molar-refractivity contribution in [3.05, 3.63) is 64.5 Å². The summed E-state index contributed by atoms with van der Waals surface area (Å²) in [5.41, 5.74) is 3.03. The molecule has 0 atom stereocenters. The maximum Gasteiger partial charge on any atom is 0.255 e. The SMILES string of the molecule is O=C(NCc1nccs1)c1cnn(-c2nccc(-c3ccc4c(c3)OCO4)n2)c1C1CC1. The van der Waals surface area contributed by atoms with Gasteiger partial charge in [-0.05, 0) is 37.1 Å². The van der Waals surface area contributed by atoms with Crippen LogP contribution in [0, 0.1) is 0 Å². The molecule has 0 spiro atoms. The van der Waals surface area contributed by atoms with E-state index in [2.05, 4.69) is 20.4 Å². The van der Waals surface area contributed by atoms with Crippen LogP contribution >= 0.6 is 11.3 Å². The van der Waals surface area contributed by atoms with E-state index in [1.165, 1.54) is 11.3 Å². The number of ether oxygens (including phenoxy) is 2. The summed E-state index contributed by atoms with van der Waals surface area (Å²) in [5.74, 6) is 1.95. The Morgan fingerprint density at radius 3 is 2.91 bits per heavy atom. The maximum absolute atomic E-state index is 12.9. The zero-order valence-corrected chi connectivity index (χ0v) is 17.7. The molecule has 3 aromatic heterocycles. The molecule has 1 aromatic carbocycles. The van der Waals surface area contributed by atoms with Gasteiger partial charge in [-0.3, -0.25) is 4.79 Å². The van der Waals surface area contributed by atoms with Crippen molar-refractivity contribution in [1.29, 1.82) is 0 Å². The van der Waals surface area contributed by atoms with E-state index in [0.29, 0.717) is 23.8 Å². The highest BCUT2D eigenvalue weighted by Gasteiger charge is 2.33. The van der Waals surface area contributed by atoms with Crippen molar-refractivity contribution in [3.63, 3.8) is 0 Å². The Hall–Kier alpha value is -3.79. The van der Waals surface area contributed by atoms with Gasteiger partial charge in [0.1, 0.15) is 5.01 Å². The molecule has 9 nitrogen and oxygen atoms in total. The normalized spacial score (nSPS) is 14.5. The zero-order valence-electron chi connectivity index (χ0n) is 16.9. The molecule has 1 fully saturated rings. The van der Waals surface area contributed by atoms with Crippen LogP contribution in [0.25, 0.3) is 17.2 Å². The summed E-state index contributed by atoms with van der Waals surface area (Å²) in [4.78, 5) is 26.2. The van der Waals surface area contributed by atoms with Crippen LogP contribution in [0.3, 0.4) is 0 Å². The van der Waals surface area contributed by atoms with Crippen molar-refractivity contribution in [2.75, 3.05) is 6.79 Å². The molecule has 2 aliphatic rings. The Kier molecular flexibility index (Phi) is 4.57. The molecule has 1 aliphatic carbocycles. The standard InChI is InChI=1S/C22H18N6O3S/c29-21(25-11-19-23-7-8-32-19)15-10-26-28(20(15)13-1-2-13)22-24-6-5-16(27-22)14-3-4-17-18(9-14)31-12-30-17/h3-10,13H,1-2,11-12H2,(H,25,29). The highest BCUT2D eigenvalue weighted by molar-refractivity contribution is 7.09. The number of aromatic nitrogens is 5. The van der Waals surface area contributed by atoms with Gasteiger partial charge in [0, 0.05) is 29.3 Å². The molecule has 10 heteroatoms. The number of benzene rings is 1. The fraction of sp³-hybridized carbons (Fsp3) is 0.227. The Morgan fingerprint density at radius 1 is 1.16 bits per heavy atom. The first-order chi connectivity index (χ1) is 15.8. The summed E-state index contributed by atoms with van der Waals surface area (Å²) >= 11 is 1.51. The summed E-state index contributed by atoms with van der Waals surface area (Å²) in [5, 5.41) is 10.2. The van der Waals surface area contributed by atoms with Crippen molar-refractivity contribution in [2.24, 2.45) is 0 Å². The van der Waals surface area contributed by atoms with Crippen molar-refractivity contribution in [2.45, 2.75) is 25.3 Å². The fourth-order valence-electron chi connectivity index (χ4n) is 3.70. The number of fused-ring (bicyclic) bond motifs is 1. The average molecular weight is 446 g/mol. The first-order valence-corrected chi connectivity index (χ1v) is 11.1. The van der Waals surface area contributed by atoms with E-state index in [-0.39, 0.29) is 18.6 Å². The number of nitrogens with zero attached hydrogens (tertiary/aromatic N) is 5. The van der Waals surface area contributed by atoms with Crippen LogP contribution in [-0.4, -0.2) is 37.4 Å². The van der Waals surface area contributed by atoms with Gasteiger partial charge in [0.05, 0.1) is 29.7 Å². The van der Waals surface area contributed by atoms with Crippen LogP contribution in [0.5, 0.6) is 11.5 Å². The van der Waals surface area contributed by atoms with E-state index in [1.807, 2.05) is 29.6 Å². The van der Waals surface area contributed by atoms with Crippen LogP contribution in [0.1, 0.15) is 39.8 Å². The number of thiazole rings is 1. The fourth-order valence-corrected chi connectivity index (χ4v) is 4.26. The van der Waals surface area contributed by atoms with Crippen molar-refractivity contribution in [1.82, 2.24) is 30.0 Å². The molecule has 6 rings (SSSR count). The lowest BCUT2D eigenvalue weighted by Crippen LogP contribution is -2.23. The molecular weight excluding hydrogens is 428 g/mol. The second kappa shape index (κ2) is 7.72. The summed E-state index contributed by atoms with van der Waals surface area (Å²) in [6.07, 6.45) is 7.05. The first-order valence-electron chi connectivity index (χ1n) is 10.2. The predicted molar refractivity (Wildman–Crippen MR) is 116 cm³/mol. The molecule has 0 saturated heterocycles. The minimum Gasteiger partial charge on any atom is -0.454 e. The number of hydrogen-bond acceptors (Lipinski definition) is 8. The molecule has 0 bridgehead atoms. The quantitative estimate of drug-likeness (QED) is 0.484. The summed E-state index contributed by atoms with van der Waals surface area (Å²) in [6.45, 7) is 0.612. The third-order valence-electron chi connectivity index (χ3n) is 5.40. The summed E-state index contributed by atoms with van der Waals surface area (Å²) in [7, 11) is 0. The Balaban J connectivity index is 1.31. The van der Waals surface area contributed by atoms with Gasteiger partial charge >= 0.3 is 0 Å². The molecule has 160 valence electrons. The van der Waals surface area contributed by atoms with Gasteiger partial charge in [0.15, 0.2) is 11.5 Å². The van der Waals surface area contributed by atoms with Crippen molar-refractivity contribution < 1.29 is 14.3 Å². The van der Waals surface area contributed by atoms with Crippen LogP contribution in [0.15, 0.2) is 48.2 Å². The van der Waals surface area contributed by atoms with Gasteiger partial charge < -0.3 is 14.8 Å². The lowest BCUT2D eigenvalue weighted by atomic mass is 10.1. The monoisotopic (exact) mass is 446 g/mol. The first kappa shape index (κ1) is 18.9. The Labute approximate surface area is 187 Å².